The molecule has 3 aliphatic heterocycles. The molecule has 0 bridgehead atoms. The van der Waals surface area contributed by atoms with Crippen LogP contribution in [0.5, 0.6) is 0 Å². The number of allylic oxidation sites excluding steroid dienone is 2. The molecule has 5 heterocycles. The van der Waals surface area contributed by atoms with E-state index in [9.17, 15) is 22.7 Å². The van der Waals surface area contributed by atoms with Crippen molar-refractivity contribution in [1.82, 2.24) is 20.1 Å². The Kier molecular flexibility index (Phi) is 7.92. The zero-order valence-electron chi connectivity index (χ0n) is 28.0. The lowest BCUT2D eigenvalue weighted by atomic mass is 9.99. The zero-order chi connectivity index (χ0) is 35.8. The van der Waals surface area contributed by atoms with Gasteiger partial charge < -0.3 is 19.7 Å². The Hall–Kier alpha value is -5.18. The Morgan fingerprint density at radius 2 is 1.94 bits per heavy atom. The lowest BCUT2D eigenvalue weighted by molar-refractivity contribution is 0.0964. The lowest BCUT2D eigenvalue weighted by Crippen LogP contribution is -2.44. The summed E-state index contributed by atoms with van der Waals surface area (Å²) in [6, 6.07) is 12.0. The Balaban J connectivity index is 1.33. The number of benzene rings is 2. The fourth-order valence-electron chi connectivity index (χ4n) is 7.25. The number of furan rings is 1. The number of nitrogens with one attached hydrogen (secondary N) is 1. The van der Waals surface area contributed by atoms with Crippen LogP contribution in [0.3, 0.4) is 0 Å². The standard InChI is InChI=1S/C37H34F2N6O5S/c1-40-37(47)34-25-15-24(30(43(2)51(3,48)49)17-32(25)50-36(34)20-7-9-21(38)10-8-20)27-11-12-28-35(42-27)31-16-23-26(39)5-4-6-29(23)45(31)33(41-28)19-44-14-13-22(46)18-44/h4-5,7-12,15-17,22,29,46H,6,13-14,18-19H2,1-3H3,(H,40,47)/t22-,29?/m0/s1. The van der Waals surface area contributed by atoms with E-state index in [1.54, 1.807) is 36.4 Å². The van der Waals surface area contributed by atoms with Gasteiger partial charge in [-0.3, -0.25) is 14.0 Å². The van der Waals surface area contributed by atoms with Crippen molar-refractivity contribution in [3.8, 4) is 22.6 Å². The number of aliphatic hydroxyl groups is 1. The maximum absolute atomic E-state index is 15.3. The second-order valence-electron chi connectivity index (χ2n) is 13.1. The minimum absolute atomic E-state index is 0.191. The van der Waals surface area contributed by atoms with Gasteiger partial charge in [0.2, 0.25) is 10.0 Å². The number of carbonyl (C=O) groups excluding carboxylic acids is 1. The van der Waals surface area contributed by atoms with Crippen molar-refractivity contribution in [3.05, 3.63) is 95.2 Å². The molecule has 0 radical (unpaired) electrons. The fraction of sp³-hybridized carbons (Fsp3) is 0.270. The second-order valence-corrected chi connectivity index (χ2v) is 15.1. The molecule has 1 amide bonds. The summed E-state index contributed by atoms with van der Waals surface area (Å²) >= 11 is 0. The van der Waals surface area contributed by atoms with Crippen LogP contribution < -0.4 is 9.62 Å². The highest BCUT2D eigenvalue weighted by molar-refractivity contribution is 7.92. The number of sulfonamides is 1. The van der Waals surface area contributed by atoms with Crippen molar-refractivity contribution >= 4 is 49.8 Å². The number of aromatic nitrogens is 1. The van der Waals surface area contributed by atoms with Gasteiger partial charge in [-0.1, -0.05) is 6.08 Å². The number of β-amino-alcohol motifs (C(OH)–C–C–N with tert-alkyl or cyclic N) is 1. The summed E-state index contributed by atoms with van der Waals surface area (Å²) in [5, 5.41) is 13.2. The number of amides is 1. The van der Waals surface area contributed by atoms with Crippen LogP contribution >= 0.6 is 0 Å². The average molecular weight is 713 g/mol. The predicted molar refractivity (Wildman–Crippen MR) is 191 cm³/mol. The molecule has 0 saturated carbocycles. The zero-order valence-corrected chi connectivity index (χ0v) is 28.8. The van der Waals surface area contributed by atoms with Gasteiger partial charge in [-0.15, -0.1) is 0 Å². The molecule has 4 aromatic rings. The number of hydrogen-bond acceptors (Lipinski definition) is 9. The summed E-state index contributed by atoms with van der Waals surface area (Å²) in [6.45, 7) is 1.70. The van der Waals surface area contributed by atoms with Gasteiger partial charge in [-0.2, -0.15) is 0 Å². The maximum Gasteiger partial charge on any atom is 0.255 e. The molecular weight excluding hydrogens is 679 g/mol. The van der Waals surface area contributed by atoms with Crippen molar-refractivity contribution in [2.24, 2.45) is 4.99 Å². The van der Waals surface area contributed by atoms with E-state index >= 15 is 4.39 Å². The van der Waals surface area contributed by atoms with Gasteiger partial charge in [-0.05, 0) is 67.5 Å². The van der Waals surface area contributed by atoms with Crippen LogP contribution in [0.1, 0.15) is 28.9 Å². The molecule has 8 rings (SSSR count). The molecule has 4 aliphatic rings. The predicted octanol–water partition coefficient (Wildman–Crippen LogP) is 5.38. The first-order valence-electron chi connectivity index (χ1n) is 16.5. The molecule has 51 heavy (non-hydrogen) atoms. The summed E-state index contributed by atoms with van der Waals surface area (Å²) in [7, 11) is -0.882. The number of pyridine rings is 1. The van der Waals surface area contributed by atoms with Crippen molar-refractivity contribution in [1.29, 1.82) is 0 Å². The van der Waals surface area contributed by atoms with E-state index < -0.39 is 27.9 Å². The van der Waals surface area contributed by atoms with Crippen LogP contribution in [-0.4, -0.2) is 92.2 Å². The molecule has 1 fully saturated rings. The van der Waals surface area contributed by atoms with Crippen LogP contribution in [0.2, 0.25) is 0 Å². The number of aliphatic imine (C=N–C) groups is 1. The number of likely N-dealkylation sites (tertiary alicyclic amines) is 1. The van der Waals surface area contributed by atoms with Gasteiger partial charge in [0, 0.05) is 55.3 Å². The molecule has 0 spiro atoms. The summed E-state index contributed by atoms with van der Waals surface area (Å²) in [5.41, 5.74) is 4.18. The number of aliphatic hydroxyl groups excluding tert-OH is 1. The van der Waals surface area contributed by atoms with E-state index in [0.29, 0.717) is 77.3 Å². The molecule has 2 N–H and O–H groups in total. The quantitative estimate of drug-likeness (QED) is 0.262. The molecule has 262 valence electrons. The number of hydrogen-bond donors (Lipinski definition) is 2. The summed E-state index contributed by atoms with van der Waals surface area (Å²) in [6.07, 6.45) is 6.98. The minimum atomic E-state index is -3.79. The van der Waals surface area contributed by atoms with Gasteiger partial charge in [0.15, 0.2) is 0 Å². The first kappa shape index (κ1) is 33.0. The van der Waals surface area contributed by atoms with Gasteiger partial charge in [0.25, 0.3) is 5.91 Å². The van der Waals surface area contributed by atoms with E-state index in [1.807, 2.05) is 4.90 Å². The third kappa shape index (κ3) is 5.63. The van der Waals surface area contributed by atoms with Crippen LogP contribution in [0.4, 0.5) is 20.2 Å². The minimum Gasteiger partial charge on any atom is -0.455 e. The van der Waals surface area contributed by atoms with Gasteiger partial charge >= 0.3 is 0 Å². The third-order valence-corrected chi connectivity index (χ3v) is 11.0. The van der Waals surface area contributed by atoms with E-state index in [2.05, 4.69) is 10.2 Å². The van der Waals surface area contributed by atoms with E-state index in [4.69, 9.17) is 14.4 Å². The maximum atomic E-state index is 15.3. The molecule has 11 nitrogen and oxygen atoms in total. The van der Waals surface area contributed by atoms with Crippen molar-refractivity contribution < 1.29 is 31.5 Å². The Labute approximate surface area is 292 Å². The molecule has 1 unspecified atom stereocenters. The first-order chi connectivity index (χ1) is 24.4. The summed E-state index contributed by atoms with van der Waals surface area (Å²) in [5.74, 6) is -0.318. The topological polar surface area (TPSA) is 132 Å². The van der Waals surface area contributed by atoms with E-state index in [1.165, 1.54) is 44.4 Å². The average Bonchev–Trinajstić information content (AvgIpc) is 3.82. The smallest absolute Gasteiger partial charge is 0.255 e. The third-order valence-electron chi connectivity index (χ3n) is 9.86. The van der Waals surface area contributed by atoms with E-state index in [0.717, 1.165) is 16.4 Å². The molecule has 1 saturated heterocycles. The lowest BCUT2D eigenvalue weighted by Gasteiger charge is -2.36. The van der Waals surface area contributed by atoms with Crippen LogP contribution in [0.15, 0.2) is 87.6 Å². The SMILES string of the molecule is CNC(=O)c1c(-c2ccc(F)cc2)oc2cc(N(C)S(C)(=O)=O)c(-c3ccc4c(n3)C3=CC5=C(F)C=CCC5N3C(CN3CC[C@H](O)C3)=N4)cc12. The van der Waals surface area contributed by atoms with Crippen molar-refractivity contribution in [2.75, 3.05) is 44.3 Å². The molecule has 2 aromatic heterocycles. The summed E-state index contributed by atoms with van der Waals surface area (Å²) in [4.78, 5) is 27.6. The number of anilines is 1. The Morgan fingerprint density at radius 3 is 2.65 bits per heavy atom. The first-order valence-corrected chi connectivity index (χ1v) is 18.4. The highest BCUT2D eigenvalue weighted by Crippen LogP contribution is 2.47. The number of halogens is 2. The Morgan fingerprint density at radius 1 is 1.16 bits per heavy atom. The molecule has 1 aliphatic carbocycles. The number of rotatable bonds is 7. The Bertz CT molecular complexity index is 2370. The molecule has 14 heteroatoms. The number of nitrogens with zero attached hydrogens (tertiary/aromatic N) is 5. The molecular formula is C37H34F2N6O5S. The van der Waals surface area contributed by atoms with Gasteiger partial charge in [-0.25, -0.2) is 27.2 Å². The van der Waals surface area contributed by atoms with Crippen LogP contribution in [0.25, 0.3) is 39.2 Å². The monoisotopic (exact) mass is 712 g/mol. The number of fused-ring (bicyclic) bond motifs is 6. The number of carbonyl (C=O) groups is 1. The highest BCUT2D eigenvalue weighted by atomic mass is 32.2. The van der Waals surface area contributed by atoms with Crippen molar-refractivity contribution in [3.63, 3.8) is 0 Å². The fourth-order valence-corrected chi connectivity index (χ4v) is 7.76. The van der Waals surface area contributed by atoms with Crippen LogP contribution in [0, 0.1) is 5.82 Å². The molecule has 2 aromatic carbocycles. The van der Waals surface area contributed by atoms with E-state index in [-0.39, 0.29) is 34.5 Å². The van der Waals surface area contributed by atoms with Gasteiger partial charge in [0.05, 0.1) is 53.3 Å². The van der Waals surface area contributed by atoms with Crippen molar-refractivity contribution in [2.45, 2.75) is 25.0 Å². The largest absolute Gasteiger partial charge is 0.455 e. The van der Waals surface area contributed by atoms with Crippen LogP contribution in [-0.2, 0) is 10.0 Å². The molecule has 2 atom stereocenters. The summed E-state index contributed by atoms with van der Waals surface area (Å²) < 4.78 is 62.3. The second kappa shape index (κ2) is 12.2. The van der Waals surface area contributed by atoms with Gasteiger partial charge in [0.1, 0.15) is 34.5 Å². The highest BCUT2D eigenvalue weighted by Gasteiger charge is 2.41. The normalized spacial score (nSPS) is 19.9. The number of amidine groups is 1.